The van der Waals surface area contributed by atoms with Gasteiger partial charge in [0, 0.05) is 7.05 Å². The summed E-state index contributed by atoms with van der Waals surface area (Å²) in [4.78, 5) is 15.4. The highest BCUT2D eigenvalue weighted by Gasteiger charge is 2.07. The Labute approximate surface area is 79.1 Å². The van der Waals surface area contributed by atoms with E-state index in [1.807, 2.05) is 6.92 Å². The molecule has 0 unspecified atom stereocenters. The molecule has 4 nitrogen and oxygen atoms in total. The highest BCUT2D eigenvalue weighted by Crippen LogP contribution is 2.16. The van der Waals surface area contributed by atoms with Crippen LogP contribution in [-0.2, 0) is 7.05 Å². The molecule has 2 rings (SSSR count). The quantitative estimate of drug-likeness (QED) is 0.646. The molecule has 0 saturated carbocycles. The van der Waals surface area contributed by atoms with Crippen molar-refractivity contribution in [2.24, 2.45) is 7.05 Å². The van der Waals surface area contributed by atoms with E-state index >= 15 is 0 Å². The summed E-state index contributed by atoms with van der Waals surface area (Å²) in [6.45, 7) is 1.82. The first-order chi connectivity index (χ1) is 6.09. The lowest BCUT2D eigenvalue weighted by Gasteiger charge is -1.97. The number of hydrogen-bond acceptors (Lipinski definition) is 2. The van der Waals surface area contributed by atoms with E-state index in [1.165, 1.54) is 0 Å². The monoisotopic (exact) mass is 197 g/mol. The molecule has 0 aliphatic carbocycles. The largest absolute Gasteiger partial charge is 0.273 e. The molecule has 0 aromatic carbocycles. The number of H-pyrrole nitrogens is 1. The van der Waals surface area contributed by atoms with E-state index in [0.29, 0.717) is 16.2 Å². The molecule has 0 bridgehead atoms. The first-order valence-corrected chi connectivity index (χ1v) is 4.19. The van der Waals surface area contributed by atoms with Crippen LogP contribution < -0.4 is 5.56 Å². The van der Waals surface area contributed by atoms with Gasteiger partial charge in [0.15, 0.2) is 5.65 Å². The SMILES string of the molecule is Cc1cc2c(=O)[nH]n(C)c2nc1Cl. The molecule has 1 N–H and O–H groups in total. The average molecular weight is 198 g/mol. The lowest BCUT2D eigenvalue weighted by atomic mass is 10.2. The predicted molar refractivity (Wildman–Crippen MR) is 51.1 cm³/mol. The van der Waals surface area contributed by atoms with Crippen LogP contribution in [0, 0.1) is 6.92 Å². The molecule has 0 amide bonds. The van der Waals surface area contributed by atoms with Crippen LogP contribution in [0.2, 0.25) is 5.15 Å². The van der Waals surface area contributed by atoms with Crippen LogP contribution in [0.3, 0.4) is 0 Å². The number of halogens is 1. The summed E-state index contributed by atoms with van der Waals surface area (Å²) >= 11 is 5.83. The van der Waals surface area contributed by atoms with Crippen molar-refractivity contribution in [3.63, 3.8) is 0 Å². The van der Waals surface area contributed by atoms with Gasteiger partial charge in [-0.15, -0.1) is 0 Å². The number of aromatic nitrogens is 3. The molecule has 5 heteroatoms. The van der Waals surface area contributed by atoms with Crippen LogP contribution in [-0.4, -0.2) is 14.8 Å². The number of nitrogens with one attached hydrogen (secondary N) is 1. The minimum Gasteiger partial charge on any atom is -0.270 e. The van der Waals surface area contributed by atoms with E-state index in [0.717, 1.165) is 5.56 Å². The van der Waals surface area contributed by atoms with Crippen LogP contribution in [0.4, 0.5) is 0 Å². The van der Waals surface area contributed by atoms with Gasteiger partial charge in [-0.1, -0.05) is 11.6 Å². The standard InChI is InChI=1S/C8H8ClN3O/c1-4-3-5-7(10-6(4)9)12(2)11-8(5)13/h3H,1-2H3,(H,11,13). The fourth-order valence-electron chi connectivity index (χ4n) is 1.27. The van der Waals surface area contributed by atoms with Crippen LogP contribution >= 0.6 is 11.6 Å². The molecule has 13 heavy (non-hydrogen) atoms. The molecule has 2 aromatic rings. The zero-order valence-corrected chi connectivity index (χ0v) is 8.01. The fraction of sp³-hybridized carbons (Fsp3) is 0.250. The maximum absolute atomic E-state index is 11.3. The van der Waals surface area contributed by atoms with Crippen molar-refractivity contribution in [2.45, 2.75) is 6.92 Å². The van der Waals surface area contributed by atoms with Crippen LogP contribution in [0.5, 0.6) is 0 Å². The Morgan fingerprint density at radius 3 is 3.00 bits per heavy atom. The zero-order valence-electron chi connectivity index (χ0n) is 7.26. The first kappa shape index (κ1) is 8.31. The molecule has 2 aromatic heterocycles. The summed E-state index contributed by atoms with van der Waals surface area (Å²) in [5, 5.41) is 3.62. The molecule has 68 valence electrons. The van der Waals surface area contributed by atoms with E-state index in [2.05, 4.69) is 10.1 Å². The highest BCUT2D eigenvalue weighted by molar-refractivity contribution is 6.30. The van der Waals surface area contributed by atoms with Crippen LogP contribution in [0.25, 0.3) is 11.0 Å². The Bertz CT molecular complexity index is 526. The number of pyridine rings is 1. The third kappa shape index (κ3) is 1.14. The van der Waals surface area contributed by atoms with Crippen molar-refractivity contribution in [2.75, 3.05) is 0 Å². The molecule has 0 aliphatic heterocycles. The summed E-state index contributed by atoms with van der Waals surface area (Å²) in [7, 11) is 1.72. The van der Waals surface area contributed by atoms with Gasteiger partial charge in [0.1, 0.15) is 5.15 Å². The van der Waals surface area contributed by atoms with E-state index in [-0.39, 0.29) is 5.56 Å². The van der Waals surface area contributed by atoms with Gasteiger partial charge in [-0.25, -0.2) is 4.98 Å². The Kier molecular flexibility index (Phi) is 1.66. The fourth-order valence-corrected chi connectivity index (χ4v) is 1.40. The Morgan fingerprint density at radius 1 is 1.62 bits per heavy atom. The van der Waals surface area contributed by atoms with Gasteiger partial charge < -0.3 is 0 Å². The number of aryl methyl sites for hydroxylation is 2. The Hall–Kier alpha value is -1.29. The van der Waals surface area contributed by atoms with Crippen molar-refractivity contribution in [3.05, 3.63) is 27.1 Å². The van der Waals surface area contributed by atoms with Gasteiger partial charge in [0.05, 0.1) is 5.39 Å². The molecule has 0 atom stereocenters. The predicted octanol–water partition coefficient (Wildman–Crippen LogP) is 1.22. The minimum atomic E-state index is -0.134. The molecule has 0 radical (unpaired) electrons. The van der Waals surface area contributed by atoms with E-state index in [1.54, 1.807) is 17.8 Å². The molecule has 0 fully saturated rings. The number of fused-ring (bicyclic) bond motifs is 1. The normalized spacial score (nSPS) is 11.0. The van der Waals surface area contributed by atoms with Crippen molar-refractivity contribution >= 4 is 22.6 Å². The minimum absolute atomic E-state index is 0.134. The van der Waals surface area contributed by atoms with E-state index in [9.17, 15) is 4.79 Å². The van der Waals surface area contributed by atoms with E-state index < -0.39 is 0 Å². The van der Waals surface area contributed by atoms with Gasteiger partial charge in [0.25, 0.3) is 5.56 Å². The number of aromatic amines is 1. The highest BCUT2D eigenvalue weighted by atomic mass is 35.5. The van der Waals surface area contributed by atoms with Crippen molar-refractivity contribution in [3.8, 4) is 0 Å². The van der Waals surface area contributed by atoms with E-state index in [4.69, 9.17) is 11.6 Å². The Morgan fingerprint density at radius 2 is 2.31 bits per heavy atom. The lowest BCUT2D eigenvalue weighted by molar-refractivity contribution is 0.774. The summed E-state index contributed by atoms with van der Waals surface area (Å²) in [5.74, 6) is 0. The summed E-state index contributed by atoms with van der Waals surface area (Å²) in [6, 6.07) is 1.74. The zero-order chi connectivity index (χ0) is 9.59. The first-order valence-electron chi connectivity index (χ1n) is 3.81. The second kappa shape index (κ2) is 2.60. The smallest absolute Gasteiger partial charge is 0.270 e. The van der Waals surface area contributed by atoms with Crippen molar-refractivity contribution < 1.29 is 0 Å². The van der Waals surface area contributed by atoms with Gasteiger partial charge in [-0.3, -0.25) is 14.6 Å². The molecular weight excluding hydrogens is 190 g/mol. The third-order valence-electron chi connectivity index (χ3n) is 1.96. The summed E-state index contributed by atoms with van der Waals surface area (Å²) in [6.07, 6.45) is 0. The second-order valence-corrected chi connectivity index (χ2v) is 3.33. The molecule has 0 saturated heterocycles. The second-order valence-electron chi connectivity index (χ2n) is 2.97. The van der Waals surface area contributed by atoms with Gasteiger partial charge in [0.2, 0.25) is 0 Å². The van der Waals surface area contributed by atoms with Crippen LogP contribution in [0.15, 0.2) is 10.9 Å². The lowest BCUT2D eigenvalue weighted by Crippen LogP contribution is -2.01. The van der Waals surface area contributed by atoms with Gasteiger partial charge >= 0.3 is 0 Å². The molecular formula is C8H8ClN3O. The van der Waals surface area contributed by atoms with Crippen LogP contribution in [0.1, 0.15) is 5.56 Å². The number of rotatable bonds is 0. The topological polar surface area (TPSA) is 50.7 Å². The maximum Gasteiger partial charge on any atom is 0.273 e. The summed E-state index contributed by atoms with van der Waals surface area (Å²) < 4.78 is 1.56. The van der Waals surface area contributed by atoms with Gasteiger partial charge in [-0.2, -0.15) is 0 Å². The molecule has 0 aliphatic rings. The average Bonchev–Trinajstić information content (AvgIpc) is 2.31. The number of hydrogen-bond donors (Lipinski definition) is 1. The third-order valence-corrected chi connectivity index (χ3v) is 2.35. The molecule has 0 spiro atoms. The van der Waals surface area contributed by atoms with Crippen molar-refractivity contribution in [1.29, 1.82) is 0 Å². The summed E-state index contributed by atoms with van der Waals surface area (Å²) in [5.41, 5.74) is 1.26. The Balaban J connectivity index is 3.00. The maximum atomic E-state index is 11.3. The number of nitrogens with zero attached hydrogens (tertiary/aromatic N) is 2. The van der Waals surface area contributed by atoms with Crippen molar-refractivity contribution in [1.82, 2.24) is 14.8 Å². The van der Waals surface area contributed by atoms with Gasteiger partial charge in [-0.05, 0) is 18.6 Å². The molecule has 2 heterocycles.